The van der Waals surface area contributed by atoms with E-state index in [0.29, 0.717) is 0 Å². The predicted molar refractivity (Wildman–Crippen MR) is 197 cm³/mol. The van der Waals surface area contributed by atoms with E-state index in [9.17, 15) is 58.4 Å². The molecule has 2 aliphatic rings. The number of hydrogen-bond donors (Lipinski definition) is 10. The van der Waals surface area contributed by atoms with Gasteiger partial charge in [0.2, 0.25) is 23.5 Å². The molecular weight excluding hydrogens is 869 g/mol. The van der Waals surface area contributed by atoms with Gasteiger partial charge in [0.05, 0.1) is 26.6 Å². The summed E-state index contributed by atoms with van der Waals surface area (Å²) < 4.78 is 70.0. The van der Waals surface area contributed by atoms with Crippen LogP contribution in [0.3, 0.4) is 0 Å². The molecule has 1 aromatic carbocycles. The Balaban J connectivity index is 0.993. The summed E-state index contributed by atoms with van der Waals surface area (Å²) in [6.45, 7) is -2.30. The Morgan fingerprint density at radius 2 is 1.50 bits per heavy atom. The predicted octanol–water partition coefficient (Wildman–Crippen LogP) is -3.01. The van der Waals surface area contributed by atoms with Gasteiger partial charge >= 0.3 is 21.3 Å². The second-order valence-electron chi connectivity index (χ2n) is 13.2. The summed E-state index contributed by atoms with van der Waals surface area (Å²) in [6.07, 6.45) is -9.57. The fraction of sp³-hybridized carbons (Fsp3) is 0.379. The second-order valence-corrected chi connectivity index (χ2v) is 17.8. The zero-order valence-electron chi connectivity index (χ0n) is 30.4. The molecule has 28 nitrogen and oxygen atoms in total. The van der Waals surface area contributed by atoms with Crippen molar-refractivity contribution in [3.05, 3.63) is 68.8 Å². The third-order valence-corrected chi connectivity index (χ3v) is 13.4. The molecule has 0 amide bonds. The number of nitrogens with two attached hydrogens (primary N) is 2. The minimum atomic E-state index is -6.11. The Kier molecular flexibility index (Phi) is 11.9. The maximum Gasteiger partial charge on any atom is 0.487 e. The number of aromatic nitrogens is 8. The molecule has 12 N–H and O–H groups in total. The summed E-state index contributed by atoms with van der Waals surface area (Å²) in [7, 11) is -16.4. The molecule has 0 saturated carbocycles. The summed E-state index contributed by atoms with van der Waals surface area (Å²) in [6, 6.07) is 8.90. The zero-order chi connectivity index (χ0) is 43.5. The Labute approximate surface area is 333 Å². The number of rotatable bonds is 14. The van der Waals surface area contributed by atoms with Crippen molar-refractivity contribution < 1.29 is 80.5 Å². The Morgan fingerprint density at radius 1 is 0.867 bits per heavy atom. The number of imidazole rings is 2. The van der Waals surface area contributed by atoms with Crippen LogP contribution in [0.2, 0.25) is 0 Å². The lowest BCUT2D eigenvalue weighted by atomic mass is 10.1. The number of hydrogen-bond acceptors (Lipinski definition) is 21. The highest BCUT2D eigenvalue weighted by molar-refractivity contribution is 7.66. The van der Waals surface area contributed by atoms with Gasteiger partial charge in [-0.3, -0.25) is 37.8 Å². The molecular formula is C29H35N10O18P3. The van der Waals surface area contributed by atoms with Crippen LogP contribution in [-0.4, -0.2) is 114 Å². The first-order valence-electron chi connectivity index (χ1n) is 17.1. The van der Waals surface area contributed by atoms with E-state index >= 15 is 0 Å². The number of aromatic amines is 2. The van der Waals surface area contributed by atoms with Gasteiger partial charge in [-0.2, -0.15) is 13.9 Å². The lowest BCUT2D eigenvalue weighted by Gasteiger charge is -2.26. The first-order chi connectivity index (χ1) is 28.1. The van der Waals surface area contributed by atoms with Crippen LogP contribution in [0.15, 0.2) is 46.2 Å². The molecule has 0 bridgehead atoms. The van der Waals surface area contributed by atoms with Gasteiger partial charge in [-0.25, -0.2) is 18.4 Å². The van der Waals surface area contributed by atoms with E-state index in [0.717, 1.165) is 16.5 Å². The number of aliphatic hydroxyl groups is 4. The maximum atomic E-state index is 12.9. The first-order valence-corrected chi connectivity index (χ1v) is 21.6. The van der Waals surface area contributed by atoms with E-state index in [1.165, 1.54) is 16.2 Å². The van der Waals surface area contributed by atoms with E-state index < -0.39 is 96.9 Å². The van der Waals surface area contributed by atoms with E-state index in [1.807, 2.05) is 0 Å². The molecule has 2 aliphatic heterocycles. The molecule has 3 unspecified atom stereocenters. The van der Waals surface area contributed by atoms with E-state index in [1.54, 1.807) is 42.5 Å². The summed E-state index contributed by atoms with van der Waals surface area (Å²) in [5.74, 6) is -0.432. The summed E-state index contributed by atoms with van der Waals surface area (Å²) >= 11 is 0. The van der Waals surface area contributed by atoms with Crippen LogP contribution in [0, 0.1) is 0 Å². The Bertz CT molecular complexity index is 2730. The van der Waals surface area contributed by atoms with Crippen molar-refractivity contribution >= 4 is 69.8 Å². The van der Waals surface area contributed by atoms with Crippen LogP contribution in [0.25, 0.3) is 34.5 Å². The summed E-state index contributed by atoms with van der Waals surface area (Å²) in [4.78, 5) is 74.3. The topological polar surface area (TPSA) is 421 Å². The SMILES string of the molecule is Cn1c(/C=C/c2ccccc2)[n+]([C@@H]2O[C@H](COP(=O)([O-])OP(=O)(O)OP(=O)(O)OC[C@H]3O[C@@H](n4cnc5c(=O)[nH]c(N)nc54)[C@H](O)[C@@H]3O)[C@@H](O)[C@H]2O)c2nc(N)[nH]c(=O)c21. The van der Waals surface area contributed by atoms with Crippen molar-refractivity contribution in [3.63, 3.8) is 0 Å². The lowest BCUT2D eigenvalue weighted by Crippen LogP contribution is -2.48. The summed E-state index contributed by atoms with van der Waals surface area (Å²) in [5.41, 5.74) is 10.2. The number of nitrogen functional groups attached to an aromatic ring is 2. The van der Waals surface area contributed by atoms with Gasteiger partial charge in [-0.05, 0) is 11.6 Å². The zero-order valence-corrected chi connectivity index (χ0v) is 33.1. The first kappa shape index (κ1) is 43.5. The summed E-state index contributed by atoms with van der Waals surface area (Å²) in [5, 5.41) is 43.0. The molecule has 0 spiro atoms. The number of fused-ring (bicyclic) bond motifs is 2. The molecule has 31 heteroatoms. The molecule has 7 rings (SSSR count). The standard InChI is InChI=1S/C29H35N10O18P3/c1-37-15(8-7-12-5-3-2-4-6-12)39(23-17(37)25(45)36-29(31)34-23)27-21(43)19(41)14(55-27)10-53-59(48,49)57-60(50,51)56-58(46,47)52-9-13-18(40)20(42)26(54-13)38-11-32-16-22(38)33-28(30)35-24(16)44/h2-8,11,13-14,18-21,26-27,40-43H,9-10H2,1H3,(H8-,30,31,33,34,35,36,44,45,46,47,48,49,50,51)/b8-7+/t13-,14-,18-,19-,20-,21-,26-,27-/m1/s1. The van der Waals surface area contributed by atoms with Crippen molar-refractivity contribution in [2.45, 2.75) is 49.1 Å². The number of aryl methyl sites for hydroxylation is 1. The lowest BCUT2D eigenvalue weighted by molar-refractivity contribution is -0.747. The Hall–Kier alpha value is -4.57. The minimum Gasteiger partial charge on any atom is -0.756 e. The van der Waals surface area contributed by atoms with Gasteiger partial charge in [0.1, 0.15) is 36.6 Å². The van der Waals surface area contributed by atoms with Crippen LogP contribution in [0.1, 0.15) is 23.8 Å². The number of anilines is 2. The number of phosphoric acid groups is 3. The van der Waals surface area contributed by atoms with E-state index in [-0.39, 0.29) is 40.0 Å². The second kappa shape index (κ2) is 16.4. The number of nitrogens with one attached hydrogen (secondary N) is 2. The molecule has 5 aromatic rings. The molecule has 0 aliphatic carbocycles. The number of aliphatic hydroxyl groups excluding tert-OH is 4. The molecule has 60 heavy (non-hydrogen) atoms. The van der Waals surface area contributed by atoms with E-state index in [2.05, 4.69) is 42.6 Å². The van der Waals surface area contributed by atoms with Crippen LogP contribution in [-0.2, 0) is 47.9 Å². The van der Waals surface area contributed by atoms with Crippen molar-refractivity contribution in [3.8, 4) is 0 Å². The van der Waals surface area contributed by atoms with Gasteiger partial charge < -0.3 is 60.6 Å². The van der Waals surface area contributed by atoms with Crippen molar-refractivity contribution in [2.24, 2.45) is 7.05 Å². The van der Waals surface area contributed by atoms with Gasteiger partial charge in [-0.1, -0.05) is 35.3 Å². The van der Waals surface area contributed by atoms with Gasteiger partial charge in [-0.15, -0.1) is 0 Å². The number of benzene rings is 1. The quantitative estimate of drug-likeness (QED) is 0.0392. The number of phosphoric ester groups is 2. The number of H-pyrrole nitrogens is 2. The Morgan fingerprint density at radius 3 is 2.22 bits per heavy atom. The average molecular weight is 905 g/mol. The van der Waals surface area contributed by atoms with Crippen molar-refractivity contribution in [1.29, 1.82) is 0 Å². The monoisotopic (exact) mass is 904 g/mol. The van der Waals surface area contributed by atoms with Gasteiger partial charge in [0, 0.05) is 6.08 Å². The van der Waals surface area contributed by atoms with Crippen LogP contribution in [0.5, 0.6) is 0 Å². The number of nitrogens with zero attached hydrogens (tertiary/aromatic N) is 6. The molecule has 6 heterocycles. The third kappa shape index (κ3) is 8.77. The average Bonchev–Trinajstić information content (AvgIpc) is 3.86. The highest BCUT2D eigenvalue weighted by atomic mass is 31.3. The largest absolute Gasteiger partial charge is 0.756 e. The molecule has 324 valence electrons. The fourth-order valence-corrected chi connectivity index (χ4v) is 9.95. The van der Waals surface area contributed by atoms with E-state index in [4.69, 9.17) is 20.9 Å². The minimum absolute atomic E-state index is 0.0254. The van der Waals surface area contributed by atoms with Gasteiger partial charge in [0.25, 0.3) is 24.9 Å². The fourth-order valence-electron chi connectivity index (χ4n) is 6.46. The van der Waals surface area contributed by atoms with Crippen molar-refractivity contribution in [2.75, 3.05) is 24.7 Å². The smallest absolute Gasteiger partial charge is 0.487 e. The normalized spacial score (nSPS) is 27.7. The highest BCUT2D eigenvalue weighted by Crippen LogP contribution is 2.66. The number of ether oxygens (including phenoxy) is 2. The highest BCUT2D eigenvalue weighted by Gasteiger charge is 2.50. The van der Waals surface area contributed by atoms with Crippen LogP contribution >= 0.6 is 23.5 Å². The third-order valence-electron chi connectivity index (χ3n) is 9.14. The molecule has 4 aromatic heterocycles. The van der Waals surface area contributed by atoms with Gasteiger partial charge in [0.15, 0.2) is 17.4 Å². The van der Waals surface area contributed by atoms with Crippen molar-refractivity contribution in [1.82, 2.24) is 34.1 Å². The molecule has 11 atom stereocenters. The van der Waals surface area contributed by atoms with Crippen LogP contribution < -0.4 is 32.0 Å². The maximum absolute atomic E-state index is 12.9. The van der Waals surface area contributed by atoms with Crippen LogP contribution in [0.4, 0.5) is 11.9 Å². The molecule has 2 fully saturated rings. The molecule has 2 saturated heterocycles. The molecule has 0 radical (unpaired) electrons.